The highest BCUT2D eigenvalue weighted by atomic mass is 16.5. The van der Waals surface area contributed by atoms with Crippen LogP contribution in [0.4, 0.5) is 0 Å². The summed E-state index contributed by atoms with van der Waals surface area (Å²) in [7, 11) is 2.91. The summed E-state index contributed by atoms with van der Waals surface area (Å²) < 4.78 is 21.2. The first-order valence-corrected chi connectivity index (χ1v) is 6.55. The quantitative estimate of drug-likeness (QED) is 0.766. The smallest absolute Gasteiger partial charge is 0.319 e. The highest BCUT2D eigenvalue weighted by Gasteiger charge is 2.26. The molecular weight excluding hydrogens is 272 g/mol. The number of esters is 1. The number of methoxy groups -OCH3 is 2. The van der Waals surface area contributed by atoms with Gasteiger partial charge in [-0.15, -0.1) is 0 Å². The molecule has 0 bridgehead atoms. The van der Waals surface area contributed by atoms with Crippen molar-refractivity contribution in [3.8, 4) is 11.5 Å². The number of carbonyl (C=O) groups excluding carboxylic acids is 1. The zero-order chi connectivity index (χ0) is 15.2. The van der Waals surface area contributed by atoms with Gasteiger partial charge < -0.3 is 18.6 Å². The summed E-state index contributed by atoms with van der Waals surface area (Å²) in [4.78, 5) is 11.9. The van der Waals surface area contributed by atoms with Crippen molar-refractivity contribution in [1.29, 1.82) is 0 Å². The summed E-state index contributed by atoms with van der Waals surface area (Å²) >= 11 is 0. The van der Waals surface area contributed by atoms with Crippen LogP contribution in [0.1, 0.15) is 17.4 Å². The number of carbonyl (C=O) groups is 1. The van der Waals surface area contributed by atoms with Gasteiger partial charge >= 0.3 is 5.97 Å². The van der Waals surface area contributed by atoms with Crippen molar-refractivity contribution in [1.82, 2.24) is 0 Å². The van der Waals surface area contributed by atoms with Crippen molar-refractivity contribution in [3.63, 3.8) is 0 Å². The molecule has 1 atom stereocenters. The van der Waals surface area contributed by atoms with E-state index in [0.717, 1.165) is 5.76 Å². The predicted molar refractivity (Wildman–Crippen MR) is 76.7 cm³/mol. The first-order chi connectivity index (χ1) is 10.2. The number of benzene rings is 1. The summed E-state index contributed by atoms with van der Waals surface area (Å²) in [5.74, 6) is 1.41. The van der Waals surface area contributed by atoms with Gasteiger partial charge in [-0.1, -0.05) is 12.1 Å². The molecule has 0 aliphatic carbocycles. The van der Waals surface area contributed by atoms with Crippen molar-refractivity contribution >= 4 is 5.97 Å². The predicted octanol–water partition coefficient (Wildman–Crippen LogP) is 2.93. The summed E-state index contributed by atoms with van der Waals surface area (Å²) in [6.07, 6.45) is 0. The summed E-state index contributed by atoms with van der Waals surface area (Å²) in [5, 5.41) is 0. The molecule has 0 spiro atoms. The first kappa shape index (κ1) is 15.0. The number of furan rings is 1. The van der Waals surface area contributed by atoms with Gasteiger partial charge in [0, 0.05) is 0 Å². The van der Waals surface area contributed by atoms with Crippen LogP contribution in [0.15, 0.2) is 40.8 Å². The van der Waals surface area contributed by atoms with Gasteiger partial charge in [-0.25, -0.2) is 0 Å². The molecule has 2 rings (SSSR count). The largest absolute Gasteiger partial charge is 0.493 e. The highest BCUT2D eigenvalue weighted by molar-refractivity contribution is 5.77. The minimum Gasteiger partial charge on any atom is -0.493 e. The number of aryl methyl sites for hydroxylation is 1. The third-order valence-electron chi connectivity index (χ3n) is 3.06. The maximum Gasteiger partial charge on any atom is 0.319 e. The molecule has 1 aromatic heterocycles. The molecule has 0 N–H and O–H groups in total. The van der Waals surface area contributed by atoms with Crippen LogP contribution in [0, 0.1) is 6.92 Å². The molecule has 0 radical (unpaired) electrons. The zero-order valence-electron chi connectivity index (χ0n) is 12.3. The van der Waals surface area contributed by atoms with Crippen LogP contribution in [0.5, 0.6) is 11.5 Å². The fourth-order valence-electron chi connectivity index (χ4n) is 1.96. The summed E-state index contributed by atoms with van der Waals surface area (Å²) in [5.41, 5.74) is 0. The van der Waals surface area contributed by atoms with Gasteiger partial charge in [0.1, 0.15) is 24.0 Å². The van der Waals surface area contributed by atoms with Gasteiger partial charge in [0.2, 0.25) is 0 Å². The molecule has 0 aliphatic rings. The highest BCUT2D eigenvalue weighted by Crippen LogP contribution is 2.28. The summed E-state index contributed by atoms with van der Waals surface area (Å²) in [6, 6.07) is 10.8. The average Bonchev–Trinajstić information content (AvgIpc) is 2.93. The Labute approximate surface area is 123 Å². The van der Waals surface area contributed by atoms with Crippen molar-refractivity contribution in [3.05, 3.63) is 47.9 Å². The molecule has 2 aromatic rings. The number of rotatable bonds is 6. The maximum atomic E-state index is 11.9. The maximum absolute atomic E-state index is 11.9. The number of hydrogen-bond donors (Lipinski definition) is 0. The van der Waals surface area contributed by atoms with Crippen molar-refractivity contribution in [2.45, 2.75) is 12.8 Å². The molecule has 0 fully saturated rings. The van der Waals surface area contributed by atoms with Crippen molar-refractivity contribution in [2.24, 2.45) is 0 Å². The van der Waals surface area contributed by atoms with Gasteiger partial charge in [-0.3, -0.25) is 4.79 Å². The number of hydrogen-bond acceptors (Lipinski definition) is 5. The van der Waals surface area contributed by atoms with Gasteiger partial charge in [0.15, 0.2) is 11.5 Å². The van der Waals surface area contributed by atoms with E-state index in [-0.39, 0.29) is 6.61 Å². The first-order valence-electron chi connectivity index (χ1n) is 6.55. The van der Waals surface area contributed by atoms with E-state index >= 15 is 0 Å². The minimum absolute atomic E-state index is 0.111. The van der Waals surface area contributed by atoms with E-state index < -0.39 is 11.9 Å². The molecule has 0 saturated carbocycles. The van der Waals surface area contributed by atoms with E-state index in [0.29, 0.717) is 17.3 Å². The number of para-hydroxylation sites is 2. The SMILES string of the molecule is COC(=O)C(COc1ccccc1OC)c1ccc(C)o1. The molecule has 21 heavy (non-hydrogen) atoms. The van der Waals surface area contributed by atoms with Gasteiger partial charge in [0.25, 0.3) is 0 Å². The van der Waals surface area contributed by atoms with Crippen LogP contribution >= 0.6 is 0 Å². The van der Waals surface area contributed by atoms with Crippen LogP contribution in [-0.4, -0.2) is 26.8 Å². The molecule has 5 nitrogen and oxygen atoms in total. The molecular formula is C16H18O5. The topological polar surface area (TPSA) is 57.9 Å². The Kier molecular flexibility index (Phi) is 4.87. The Balaban J connectivity index is 2.14. The normalized spacial score (nSPS) is 11.8. The molecule has 5 heteroatoms. The van der Waals surface area contributed by atoms with Crippen LogP contribution in [-0.2, 0) is 9.53 Å². The van der Waals surface area contributed by atoms with E-state index in [1.54, 1.807) is 31.4 Å². The molecule has 0 aliphatic heterocycles. The lowest BCUT2D eigenvalue weighted by atomic mass is 10.1. The van der Waals surface area contributed by atoms with Gasteiger partial charge in [0.05, 0.1) is 14.2 Å². The average molecular weight is 290 g/mol. The van der Waals surface area contributed by atoms with Gasteiger partial charge in [-0.2, -0.15) is 0 Å². The van der Waals surface area contributed by atoms with Crippen LogP contribution < -0.4 is 9.47 Å². The Morgan fingerprint density at radius 3 is 2.43 bits per heavy atom. The van der Waals surface area contributed by atoms with Crippen molar-refractivity contribution < 1.29 is 23.4 Å². The Morgan fingerprint density at radius 1 is 1.14 bits per heavy atom. The Hall–Kier alpha value is -2.43. The second-order valence-electron chi connectivity index (χ2n) is 4.49. The third kappa shape index (κ3) is 3.56. The zero-order valence-corrected chi connectivity index (χ0v) is 12.3. The van der Waals surface area contributed by atoms with Crippen LogP contribution in [0.25, 0.3) is 0 Å². The van der Waals surface area contributed by atoms with E-state index in [1.165, 1.54) is 7.11 Å². The fraction of sp³-hybridized carbons (Fsp3) is 0.312. The Bertz CT molecular complexity index is 602. The van der Waals surface area contributed by atoms with Crippen LogP contribution in [0.3, 0.4) is 0 Å². The van der Waals surface area contributed by atoms with Gasteiger partial charge in [-0.05, 0) is 31.2 Å². The van der Waals surface area contributed by atoms with E-state index in [1.807, 2.05) is 19.1 Å². The lowest BCUT2D eigenvalue weighted by Gasteiger charge is -2.15. The van der Waals surface area contributed by atoms with E-state index in [2.05, 4.69) is 0 Å². The minimum atomic E-state index is -0.617. The molecule has 1 heterocycles. The molecule has 112 valence electrons. The monoisotopic (exact) mass is 290 g/mol. The molecule has 0 amide bonds. The lowest BCUT2D eigenvalue weighted by Crippen LogP contribution is -2.21. The lowest BCUT2D eigenvalue weighted by molar-refractivity contribution is -0.143. The van der Waals surface area contributed by atoms with E-state index in [4.69, 9.17) is 18.6 Å². The third-order valence-corrected chi connectivity index (χ3v) is 3.06. The van der Waals surface area contributed by atoms with Crippen LogP contribution in [0.2, 0.25) is 0 Å². The second kappa shape index (κ2) is 6.83. The van der Waals surface area contributed by atoms with E-state index in [9.17, 15) is 4.79 Å². The van der Waals surface area contributed by atoms with Crippen molar-refractivity contribution in [2.75, 3.05) is 20.8 Å². The molecule has 1 aromatic carbocycles. The molecule has 0 saturated heterocycles. The molecule has 1 unspecified atom stereocenters. The fourth-order valence-corrected chi connectivity index (χ4v) is 1.96. The summed E-state index contributed by atoms with van der Waals surface area (Å²) in [6.45, 7) is 1.93. The second-order valence-corrected chi connectivity index (χ2v) is 4.49. The number of ether oxygens (including phenoxy) is 3. The standard InChI is InChI=1S/C16H18O5/c1-11-8-9-13(21-11)12(16(17)19-3)10-20-15-7-5-4-6-14(15)18-2/h4-9,12H,10H2,1-3H3. The Morgan fingerprint density at radius 2 is 1.86 bits per heavy atom.